The Balaban J connectivity index is 2.12. The van der Waals surface area contributed by atoms with Crippen LogP contribution in [0.1, 0.15) is 79.6 Å². The number of hydrogen-bond acceptors (Lipinski definition) is 3. The quantitative estimate of drug-likeness (QED) is 0.541. The summed E-state index contributed by atoms with van der Waals surface area (Å²) in [6, 6.07) is 0.243. The average Bonchev–Trinajstić information content (AvgIpc) is 3.33. The van der Waals surface area contributed by atoms with Crippen molar-refractivity contribution in [2.24, 2.45) is 10.9 Å². The summed E-state index contributed by atoms with van der Waals surface area (Å²) in [5, 5.41) is 0. The molecule has 0 aromatic rings. The van der Waals surface area contributed by atoms with Crippen LogP contribution in [0.15, 0.2) is 52.7 Å². The highest BCUT2D eigenvalue weighted by Crippen LogP contribution is 2.34. The number of aliphatic imine (C=N–C) groups is 1. The number of carbonyl (C=O) groups is 1. The molecule has 1 unspecified atom stereocenters. The largest absolute Gasteiger partial charge is 0.340 e. The minimum Gasteiger partial charge on any atom is -0.340 e. The van der Waals surface area contributed by atoms with E-state index >= 15 is 0 Å². The summed E-state index contributed by atoms with van der Waals surface area (Å²) in [5.41, 5.74) is 2.16. The van der Waals surface area contributed by atoms with E-state index in [2.05, 4.69) is 62.0 Å². The second kappa shape index (κ2) is 10.3. The maximum atomic E-state index is 13.2. The second-order valence-corrected chi connectivity index (χ2v) is 8.90. The molecule has 3 aliphatic rings. The van der Waals surface area contributed by atoms with Crippen molar-refractivity contribution in [1.82, 2.24) is 14.7 Å². The van der Waals surface area contributed by atoms with Gasteiger partial charge in [0.05, 0.1) is 5.70 Å². The molecule has 0 radical (unpaired) electrons. The van der Waals surface area contributed by atoms with E-state index in [0.29, 0.717) is 12.0 Å². The van der Waals surface area contributed by atoms with Gasteiger partial charge in [0.25, 0.3) is 0 Å². The Kier molecular flexibility index (Phi) is 7.79. The van der Waals surface area contributed by atoms with Gasteiger partial charge in [0.2, 0.25) is 5.91 Å². The van der Waals surface area contributed by atoms with E-state index < -0.39 is 0 Å². The van der Waals surface area contributed by atoms with Crippen molar-refractivity contribution in [2.75, 3.05) is 7.05 Å². The fourth-order valence-corrected chi connectivity index (χ4v) is 4.88. The zero-order chi connectivity index (χ0) is 22.5. The van der Waals surface area contributed by atoms with E-state index in [1.165, 1.54) is 18.4 Å². The van der Waals surface area contributed by atoms with Gasteiger partial charge < -0.3 is 14.7 Å². The molecule has 0 spiro atoms. The molecule has 0 N–H and O–H groups in total. The third-order valence-corrected chi connectivity index (χ3v) is 6.99. The van der Waals surface area contributed by atoms with Gasteiger partial charge in [-0.25, -0.2) is 4.99 Å². The Labute approximate surface area is 188 Å². The van der Waals surface area contributed by atoms with Gasteiger partial charge >= 0.3 is 0 Å². The second-order valence-electron chi connectivity index (χ2n) is 8.90. The predicted octanol–water partition coefficient (Wildman–Crippen LogP) is 5.79. The predicted molar refractivity (Wildman–Crippen MR) is 129 cm³/mol. The van der Waals surface area contributed by atoms with Gasteiger partial charge in [0, 0.05) is 25.5 Å². The molecule has 1 aliphatic carbocycles. The van der Waals surface area contributed by atoms with E-state index in [4.69, 9.17) is 4.99 Å². The van der Waals surface area contributed by atoms with E-state index in [1.54, 1.807) is 0 Å². The fourth-order valence-electron chi connectivity index (χ4n) is 4.88. The molecule has 3 rings (SSSR count). The third kappa shape index (κ3) is 4.65. The van der Waals surface area contributed by atoms with Crippen molar-refractivity contribution >= 4 is 11.7 Å². The summed E-state index contributed by atoms with van der Waals surface area (Å²) >= 11 is 0. The summed E-state index contributed by atoms with van der Waals surface area (Å²) < 4.78 is 0. The lowest BCUT2D eigenvalue weighted by Gasteiger charge is -2.45. The van der Waals surface area contributed by atoms with Gasteiger partial charge in [-0.1, -0.05) is 51.8 Å². The lowest BCUT2D eigenvalue weighted by atomic mass is 10.0. The minimum atomic E-state index is -0.143. The fraction of sp³-hybridized carbons (Fsp3) is 0.615. The number of rotatable bonds is 6. The molecule has 0 bridgehead atoms. The zero-order valence-corrected chi connectivity index (χ0v) is 20.3. The number of hydrogen-bond donors (Lipinski definition) is 0. The molecular weight excluding hydrogens is 384 g/mol. The lowest BCUT2D eigenvalue weighted by molar-refractivity contribution is -0.134. The molecule has 0 aromatic carbocycles. The molecule has 1 amide bonds. The van der Waals surface area contributed by atoms with Crippen molar-refractivity contribution in [1.29, 1.82) is 0 Å². The van der Waals surface area contributed by atoms with Crippen LogP contribution in [0.2, 0.25) is 0 Å². The first-order valence-electron chi connectivity index (χ1n) is 12.1. The SMILES string of the molecule is CC=C1C(=NC(=C(C)CC)N2C=CC(CC)C=C2)N(C2CCCC2)C(CC)C(=O)N1C. The number of amidine groups is 1. The van der Waals surface area contributed by atoms with Crippen molar-refractivity contribution in [2.45, 2.75) is 91.6 Å². The van der Waals surface area contributed by atoms with Crippen LogP contribution in [0.3, 0.4) is 0 Å². The van der Waals surface area contributed by atoms with Crippen LogP contribution in [0.25, 0.3) is 0 Å². The van der Waals surface area contributed by atoms with Crippen LogP contribution in [-0.4, -0.2) is 45.6 Å². The first kappa shape index (κ1) is 23.4. The summed E-state index contributed by atoms with van der Waals surface area (Å²) in [6.07, 6.45) is 18.4. The van der Waals surface area contributed by atoms with E-state index in [9.17, 15) is 4.79 Å². The number of piperazine rings is 1. The van der Waals surface area contributed by atoms with E-state index in [-0.39, 0.29) is 11.9 Å². The Morgan fingerprint density at radius 3 is 2.29 bits per heavy atom. The number of allylic oxidation sites excluding steroid dienone is 4. The summed E-state index contributed by atoms with van der Waals surface area (Å²) in [5.74, 6) is 2.59. The highest BCUT2D eigenvalue weighted by atomic mass is 16.2. The molecule has 31 heavy (non-hydrogen) atoms. The van der Waals surface area contributed by atoms with E-state index in [1.807, 2.05) is 24.9 Å². The molecule has 1 saturated heterocycles. The van der Waals surface area contributed by atoms with E-state index in [0.717, 1.165) is 49.5 Å². The van der Waals surface area contributed by atoms with Crippen LogP contribution >= 0.6 is 0 Å². The molecule has 2 heterocycles. The Bertz CT molecular complexity index is 799. The van der Waals surface area contributed by atoms with Crippen LogP contribution < -0.4 is 0 Å². The molecule has 0 aromatic heterocycles. The third-order valence-electron chi connectivity index (χ3n) is 6.99. The topological polar surface area (TPSA) is 39.1 Å². The van der Waals surface area contributed by atoms with Crippen molar-refractivity contribution in [3.63, 3.8) is 0 Å². The first-order valence-corrected chi connectivity index (χ1v) is 12.1. The van der Waals surface area contributed by atoms with Gasteiger partial charge in [-0.3, -0.25) is 4.79 Å². The molecule has 170 valence electrons. The van der Waals surface area contributed by atoms with Gasteiger partial charge in [-0.15, -0.1) is 0 Å². The number of carbonyl (C=O) groups excluding carboxylic acids is 1. The standard InChI is InChI=1S/C26H40N4O/c1-7-19(5)24(29-17-15-20(8-2)16-18-29)27-25-22(9-3)28(6)26(31)23(10-4)30(25)21-13-11-12-14-21/h9,15-18,20-21,23H,7-8,10-14H2,1-6H3. The molecule has 5 heteroatoms. The highest BCUT2D eigenvalue weighted by Gasteiger charge is 2.42. The first-order chi connectivity index (χ1) is 15.0. The van der Waals surface area contributed by atoms with Crippen molar-refractivity contribution in [3.8, 4) is 0 Å². The maximum absolute atomic E-state index is 13.2. The van der Waals surface area contributed by atoms with Gasteiger partial charge in [0.1, 0.15) is 11.9 Å². The Morgan fingerprint density at radius 1 is 1.13 bits per heavy atom. The summed E-state index contributed by atoms with van der Waals surface area (Å²) in [7, 11) is 1.89. The maximum Gasteiger partial charge on any atom is 0.249 e. The molecule has 1 atom stereocenters. The Hall–Kier alpha value is -2.30. The average molecular weight is 425 g/mol. The molecule has 2 aliphatic heterocycles. The van der Waals surface area contributed by atoms with Crippen LogP contribution in [0.5, 0.6) is 0 Å². The van der Waals surface area contributed by atoms with Gasteiger partial charge in [-0.2, -0.15) is 0 Å². The highest BCUT2D eigenvalue weighted by molar-refractivity contribution is 6.08. The van der Waals surface area contributed by atoms with Gasteiger partial charge in [0.15, 0.2) is 5.84 Å². The number of likely N-dealkylation sites (N-methyl/N-ethyl adjacent to an activating group) is 1. The summed E-state index contributed by atoms with van der Waals surface area (Å²) in [6.45, 7) is 10.7. The van der Waals surface area contributed by atoms with Crippen LogP contribution in [0, 0.1) is 5.92 Å². The van der Waals surface area contributed by atoms with Crippen LogP contribution in [-0.2, 0) is 4.79 Å². The van der Waals surface area contributed by atoms with Crippen molar-refractivity contribution < 1.29 is 4.79 Å². The minimum absolute atomic E-state index is 0.143. The molecule has 2 fully saturated rings. The van der Waals surface area contributed by atoms with Gasteiger partial charge in [-0.05, 0) is 57.4 Å². The zero-order valence-electron chi connectivity index (χ0n) is 20.3. The smallest absolute Gasteiger partial charge is 0.249 e. The normalized spacial score (nSPS) is 26.6. The van der Waals surface area contributed by atoms with Crippen LogP contribution in [0.4, 0.5) is 0 Å². The number of nitrogens with zero attached hydrogens (tertiary/aromatic N) is 4. The molecular formula is C26H40N4O. The monoisotopic (exact) mass is 424 g/mol. The molecule has 5 nitrogen and oxygen atoms in total. The number of amides is 1. The lowest BCUT2D eigenvalue weighted by Crippen LogP contribution is -2.60. The van der Waals surface area contributed by atoms with Crippen molar-refractivity contribution in [3.05, 3.63) is 47.7 Å². The Morgan fingerprint density at radius 2 is 1.77 bits per heavy atom. The summed E-state index contributed by atoms with van der Waals surface area (Å²) in [4.78, 5) is 24.9. The molecule has 1 saturated carbocycles.